The summed E-state index contributed by atoms with van der Waals surface area (Å²) >= 11 is 0. The minimum atomic E-state index is -0.351. The van der Waals surface area contributed by atoms with Crippen LogP contribution in [0.2, 0.25) is 0 Å². The van der Waals surface area contributed by atoms with Crippen molar-refractivity contribution in [1.82, 2.24) is 0 Å². The van der Waals surface area contributed by atoms with Crippen molar-refractivity contribution in [1.29, 1.82) is 5.26 Å². The van der Waals surface area contributed by atoms with Crippen LogP contribution >= 0.6 is 0 Å². The van der Waals surface area contributed by atoms with E-state index < -0.39 is 0 Å². The van der Waals surface area contributed by atoms with Gasteiger partial charge in [0.05, 0.1) is 11.7 Å². The van der Waals surface area contributed by atoms with Gasteiger partial charge in [-0.2, -0.15) is 5.26 Å². The molecule has 0 unspecified atom stereocenters. The molecule has 2 heteroatoms. The molecule has 0 aliphatic carbocycles. The summed E-state index contributed by atoms with van der Waals surface area (Å²) in [4.78, 5) is 0. The lowest BCUT2D eigenvalue weighted by atomic mass is 10.0. The van der Waals surface area contributed by atoms with E-state index in [4.69, 9.17) is 12.4 Å². The van der Waals surface area contributed by atoms with Crippen molar-refractivity contribution in [2.24, 2.45) is 0 Å². The summed E-state index contributed by atoms with van der Waals surface area (Å²) in [6.45, 7) is 3.70. The average molecular weight is 125 g/mol. The Hall–Kier alpha value is -0.550. The predicted octanol–water partition coefficient (Wildman–Crippen LogP) is 1.75. The quantitative estimate of drug-likeness (QED) is 0.575. The maximum absolute atomic E-state index is 8.18. The predicted molar refractivity (Wildman–Crippen MR) is 34.3 cm³/mol. The zero-order valence-corrected chi connectivity index (χ0v) is 5.85. The van der Waals surface area contributed by atoms with Crippen molar-refractivity contribution in [2.45, 2.75) is 32.3 Å². The van der Waals surface area contributed by atoms with Crippen LogP contribution in [0.3, 0.4) is 0 Å². The summed E-state index contributed by atoms with van der Waals surface area (Å²) in [6.07, 6.45) is 1.17. The molecule has 0 fully saturated rings. The summed E-state index contributed by atoms with van der Waals surface area (Å²) < 4.78 is 4.59. The summed E-state index contributed by atoms with van der Waals surface area (Å²) in [6, 6.07) is 2.02. The Labute approximate surface area is 56.4 Å². The summed E-state index contributed by atoms with van der Waals surface area (Å²) in [7, 11) is 4.94. The largest absolute Gasteiger partial charge is 0.367 e. The van der Waals surface area contributed by atoms with E-state index in [9.17, 15) is 0 Å². The first-order valence-corrected chi connectivity index (χ1v) is 2.87. The van der Waals surface area contributed by atoms with Gasteiger partial charge in [-0.25, -0.2) is 0 Å². The maximum Gasteiger partial charge on any atom is 0.116 e. The van der Waals surface area contributed by atoms with E-state index in [0.717, 1.165) is 0 Å². The molecule has 0 rings (SSSR count). The van der Waals surface area contributed by atoms with Crippen molar-refractivity contribution >= 4 is 0 Å². The van der Waals surface area contributed by atoms with Crippen molar-refractivity contribution in [3.05, 3.63) is 7.11 Å². The van der Waals surface area contributed by atoms with Gasteiger partial charge in [0.25, 0.3) is 0 Å². The second kappa shape index (κ2) is 3.47. The van der Waals surface area contributed by atoms with Crippen LogP contribution in [-0.2, 0) is 4.74 Å². The Kier molecular flexibility index (Phi) is 3.26. The lowest BCUT2D eigenvalue weighted by Crippen LogP contribution is -2.20. The van der Waals surface area contributed by atoms with Gasteiger partial charge in [0.2, 0.25) is 0 Å². The fourth-order valence-corrected chi connectivity index (χ4v) is 0.416. The molecule has 0 aliphatic heterocycles. The molecule has 9 heavy (non-hydrogen) atoms. The molecule has 0 saturated heterocycles. The normalized spacial score (nSPS) is 10.9. The number of hydrogen-bond donors (Lipinski definition) is 0. The third kappa shape index (κ3) is 3.99. The van der Waals surface area contributed by atoms with Gasteiger partial charge in [-0.3, -0.25) is 0 Å². The molecular weight excluding hydrogens is 114 g/mol. The zero-order chi connectivity index (χ0) is 7.33. The van der Waals surface area contributed by atoms with E-state index in [1.54, 1.807) is 0 Å². The van der Waals surface area contributed by atoms with Crippen LogP contribution in [0.15, 0.2) is 0 Å². The molecule has 0 heterocycles. The number of ether oxygens (including phenoxy) is 1. The van der Waals surface area contributed by atoms with E-state index in [0.29, 0.717) is 12.8 Å². The highest BCUT2D eigenvalue weighted by molar-refractivity contribution is 4.77. The highest BCUT2D eigenvalue weighted by atomic mass is 16.5. The second-order valence-electron chi connectivity index (χ2n) is 2.54. The molecule has 0 saturated carbocycles. The molecule has 0 bridgehead atoms. The molecule has 0 N–H and O–H groups in total. The Morgan fingerprint density at radius 1 is 1.67 bits per heavy atom. The van der Waals surface area contributed by atoms with E-state index in [-0.39, 0.29) is 5.60 Å². The number of rotatable bonds is 3. The van der Waals surface area contributed by atoms with E-state index in [2.05, 4.69) is 4.74 Å². The SMILES string of the molecule is [CH]OC(C)(C)CCC#N. The minimum absolute atomic E-state index is 0.351. The van der Waals surface area contributed by atoms with Crippen LogP contribution in [0.1, 0.15) is 26.7 Å². The van der Waals surface area contributed by atoms with E-state index >= 15 is 0 Å². The third-order valence-corrected chi connectivity index (χ3v) is 1.16. The number of nitrogens with zero attached hydrogens (tertiary/aromatic N) is 1. The zero-order valence-electron chi connectivity index (χ0n) is 5.85. The Bertz CT molecular complexity index is 113. The van der Waals surface area contributed by atoms with Crippen molar-refractivity contribution in [2.75, 3.05) is 0 Å². The maximum atomic E-state index is 8.18. The fraction of sp³-hybridized carbons (Fsp3) is 0.714. The Morgan fingerprint density at radius 3 is 2.56 bits per heavy atom. The van der Waals surface area contributed by atoms with Crippen LogP contribution in [0.25, 0.3) is 0 Å². The molecular formula is C7H11NO. The van der Waals surface area contributed by atoms with Crippen LogP contribution in [-0.4, -0.2) is 5.60 Å². The van der Waals surface area contributed by atoms with Crippen LogP contribution in [0, 0.1) is 18.4 Å². The first-order valence-electron chi connectivity index (χ1n) is 2.87. The third-order valence-electron chi connectivity index (χ3n) is 1.16. The lowest BCUT2D eigenvalue weighted by Gasteiger charge is -2.19. The Morgan fingerprint density at radius 2 is 2.22 bits per heavy atom. The molecule has 2 nitrogen and oxygen atoms in total. The highest BCUT2D eigenvalue weighted by Gasteiger charge is 2.14. The smallest absolute Gasteiger partial charge is 0.116 e. The van der Waals surface area contributed by atoms with E-state index in [1.165, 1.54) is 0 Å². The molecule has 0 aliphatic rings. The average Bonchev–Trinajstić information content (AvgIpc) is 1.84. The van der Waals surface area contributed by atoms with Gasteiger partial charge in [0.1, 0.15) is 7.11 Å². The van der Waals surface area contributed by atoms with E-state index in [1.807, 2.05) is 19.9 Å². The van der Waals surface area contributed by atoms with Gasteiger partial charge in [0.15, 0.2) is 0 Å². The van der Waals surface area contributed by atoms with Gasteiger partial charge in [-0.1, -0.05) is 0 Å². The molecule has 50 valence electrons. The molecule has 2 radical (unpaired) electrons. The van der Waals surface area contributed by atoms with Crippen molar-refractivity contribution < 1.29 is 4.74 Å². The molecule has 0 amide bonds. The van der Waals surface area contributed by atoms with Crippen LogP contribution in [0.4, 0.5) is 0 Å². The molecule has 0 aromatic carbocycles. The first kappa shape index (κ1) is 8.45. The fourth-order valence-electron chi connectivity index (χ4n) is 0.416. The molecule has 0 atom stereocenters. The minimum Gasteiger partial charge on any atom is -0.367 e. The van der Waals surface area contributed by atoms with Gasteiger partial charge >= 0.3 is 0 Å². The summed E-state index contributed by atoms with van der Waals surface area (Å²) in [5, 5.41) is 8.18. The second-order valence-corrected chi connectivity index (χ2v) is 2.54. The lowest BCUT2D eigenvalue weighted by molar-refractivity contribution is 0.0454. The Balaban J connectivity index is 3.48. The molecule has 0 aromatic heterocycles. The van der Waals surface area contributed by atoms with Crippen molar-refractivity contribution in [3.63, 3.8) is 0 Å². The van der Waals surface area contributed by atoms with Crippen molar-refractivity contribution in [3.8, 4) is 6.07 Å². The standard InChI is InChI=1S/C7H11NO/c1-7(2,9-3)5-4-6-8/h3H,4-5H2,1-2H3. The topological polar surface area (TPSA) is 33.0 Å². The highest BCUT2D eigenvalue weighted by Crippen LogP contribution is 2.14. The molecule has 0 spiro atoms. The number of hydrogen-bond acceptors (Lipinski definition) is 2. The van der Waals surface area contributed by atoms with Crippen LogP contribution < -0.4 is 0 Å². The van der Waals surface area contributed by atoms with Gasteiger partial charge in [-0.15, -0.1) is 0 Å². The summed E-state index contributed by atoms with van der Waals surface area (Å²) in [5.74, 6) is 0. The number of nitriles is 1. The first-order chi connectivity index (χ1) is 4.12. The van der Waals surface area contributed by atoms with Gasteiger partial charge in [-0.05, 0) is 20.3 Å². The van der Waals surface area contributed by atoms with Gasteiger partial charge < -0.3 is 4.74 Å². The van der Waals surface area contributed by atoms with Gasteiger partial charge in [0, 0.05) is 6.42 Å². The monoisotopic (exact) mass is 125 g/mol. The van der Waals surface area contributed by atoms with Crippen LogP contribution in [0.5, 0.6) is 0 Å². The molecule has 0 aromatic rings. The summed E-state index contributed by atoms with van der Waals surface area (Å²) in [5.41, 5.74) is -0.351.